The van der Waals surface area contributed by atoms with Gasteiger partial charge in [0, 0.05) is 24.4 Å². The van der Waals surface area contributed by atoms with Gasteiger partial charge in [-0.25, -0.2) is 0 Å². The summed E-state index contributed by atoms with van der Waals surface area (Å²) in [6.45, 7) is 0.718. The van der Waals surface area contributed by atoms with Crippen molar-refractivity contribution in [1.82, 2.24) is 5.32 Å². The largest absolute Gasteiger partial charge is 0.480 e. The summed E-state index contributed by atoms with van der Waals surface area (Å²) in [5.74, 6) is -0.832. The van der Waals surface area contributed by atoms with E-state index in [1.165, 1.54) is 0 Å². The van der Waals surface area contributed by atoms with Crippen LogP contribution in [0.3, 0.4) is 0 Å². The third kappa shape index (κ3) is 2.20. The van der Waals surface area contributed by atoms with Gasteiger partial charge in [-0.15, -0.1) is 0 Å². The number of rotatable bonds is 5. The minimum absolute atomic E-state index is 0. The highest BCUT2D eigenvalue weighted by molar-refractivity contribution is 6.25. The van der Waals surface area contributed by atoms with E-state index in [2.05, 4.69) is 5.32 Å². The Morgan fingerprint density at radius 2 is 2.29 bits per heavy atom. The van der Waals surface area contributed by atoms with Gasteiger partial charge < -0.3 is 26.7 Å². The van der Waals surface area contributed by atoms with Gasteiger partial charge in [0.2, 0.25) is 0 Å². The highest BCUT2D eigenvalue weighted by Crippen LogP contribution is 2.45. The van der Waals surface area contributed by atoms with Crippen LogP contribution in [0.25, 0.3) is 0 Å². The third-order valence-electron chi connectivity index (χ3n) is 4.16. The first-order valence-electron chi connectivity index (χ1n) is 5.82. The van der Waals surface area contributed by atoms with Crippen LogP contribution < -0.4 is 11.1 Å². The van der Waals surface area contributed by atoms with E-state index in [9.17, 15) is 9.90 Å². The second kappa shape index (κ2) is 5.35. The van der Waals surface area contributed by atoms with E-state index in [-0.39, 0.29) is 23.4 Å². The Hall–Kier alpha value is -0.625. The van der Waals surface area contributed by atoms with E-state index in [1.54, 1.807) is 0 Å². The first-order chi connectivity index (χ1) is 7.60. The number of aliphatic carboxylic acids is 1. The summed E-state index contributed by atoms with van der Waals surface area (Å²) in [6, 6.07) is 0.241. The Bertz CT molecular complexity index is 291. The molecule has 0 spiro atoms. The smallest absolute Gasteiger partial charge is 0.324 e. The van der Waals surface area contributed by atoms with Gasteiger partial charge in [0.1, 0.15) is 5.54 Å². The number of hydrogen-bond acceptors (Lipinski definition) is 4. The van der Waals surface area contributed by atoms with E-state index < -0.39 is 11.5 Å². The van der Waals surface area contributed by atoms with Gasteiger partial charge in [0.25, 0.3) is 7.48 Å². The molecule has 1 radical (unpaired) electrons. The van der Waals surface area contributed by atoms with Crippen LogP contribution in [0, 0.1) is 11.8 Å². The van der Waals surface area contributed by atoms with Crippen LogP contribution in [-0.2, 0) is 4.79 Å². The second-order valence-corrected chi connectivity index (χ2v) is 4.91. The molecule has 4 atom stereocenters. The van der Waals surface area contributed by atoms with Crippen LogP contribution in [0.15, 0.2) is 0 Å². The van der Waals surface area contributed by atoms with Gasteiger partial charge in [-0.05, 0) is 12.8 Å². The zero-order valence-corrected chi connectivity index (χ0v) is 9.72. The molecule has 1 heterocycles. The fraction of sp³-hybridized carbons (Fsp3) is 0.900. The number of carboxylic acids is 1. The van der Waals surface area contributed by atoms with Crippen molar-refractivity contribution in [3.8, 4) is 0 Å². The Morgan fingerprint density at radius 3 is 2.88 bits per heavy atom. The van der Waals surface area contributed by atoms with Crippen LogP contribution in [0.5, 0.6) is 0 Å². The number of fused-ring (bicyclic) bond motifs is 2. The second-order valence-electron chi connectivity index (χ2n) is 4.91. The molecule has 2 rings (SSSR count). The van der Waals surface area contributed by atoms with Gasteiger partial charge in [0.15, 0.2) is 0 Å². The molecule has 2 fully saturated rings. The summed E-state index contributed by atoms with van der Waals surface area (Å²) < 4.78 is 0. The number of nitrogens with two attached hydrogens (primary N) is 1. The number of piperidine rings is 1. The van der Waals surface area contributed by atoms with Crippen molar-refractivity contribution >= 4 is 13.5 Å². The van der Waals surface area contributed by atoms with Crippen LogP contribution in [0.1, 0.15) is 19.3 Å². The Kier molecular flexibility index (Phi) is 4.54. The zero-order chi connectivity index (χ0) is 11.8. The molecule has 0 aromatic carbocycles. The fourth-order valence-electron chi connectivity index (χ4n) is 3.28. The molecule has 2 aliphatic rings. The van der Waals surface area contributed by atoms with Crippen LogP contribution >= 0.6 is 0 Å². The van der Waals surface area contributed by atoms with Crippen LogP contribution in [0.2, 0.25) is 6.32 Å². The summed E-state index contributed by atoms with van der Waals surface area (Å²) in [7, 11) is 1.12. The van der Waals surface area contributed by atoms with Crippen molar-refractivity contribution in [2.75, 3.05) is 6.54 Å². The van der Waals surface area contributed by atoms with E-state index in [1.807, 2.05) is 0 Å². The normalized spacial score (nSPS) is 38.8. The SMILES string of the molecule is NC1(C(=O)O)C2CNC(C2)C1CCC[B]O.O. The summed E-state index contributed by atoms with van der Waals surface area (Å²) in [5, 5.41) is 21.3. The summed E-state index contributed by atoms with van der Waals surface area (Å²) in [5.41, 5.74) is 5.04. The first kappa shape index (κ1) is 14.4. The topological polar surface area (TPSA) is 127 Å². The molecule has 1 aliphatic carbocycles. The lowest BCUT2D eigenvalue weighted by Crippen LogP contribution is -2.62. The van der Waals surface area contributed by atoms with Crippen molar-refractivity contribution in [3.05, 3.63) is 0 Å². The molecule has 1 saturated heterocycles. The highest BCUT2D eigenvalue weighted by Gasteiger charge is 2.60. The maximum Gasteiger partial charge on any atom is 0.324 e. The number of carboxylic acid groups (broad SMARTS) is 1. The van der Waals surface area contributed by atoms with Gasteiger partial charge in [0.05, 0.1) is 0 Å². The highest BCUT2D eigenvalue weighted by atomic mass is 16.4. The van der Waals surface area contributed by atoms with Crippen molar-refractivity contribution in [1.29, 1.82) is 0 Å². The molecule has 0 aromatic heterocycles. The fourth-order valence-corrected chi connectivity index (χ4v) is 3.28. The maximum atomic E-state index is 11.3. The predicted molar refractivity (Wildman–Crippen MR) is 63.6 cm³/mol. The molecule has 2 bridgehead atoms. The average molecular weight is 243 g/mol. The quantitative estimate of drug-likeness (QED) is 0.340. The van der Waals surface area contributed by atoms with Gasteiger partial charge in [-0.2, -0.15) is 0 Å². The minimum atomic E-state index is -1.06. The van der Waals surface area contributed by atoms with E-state index >= 15 is 0 Å². The van der Waals surface area contributed by atoms with E-state index in [0.29, 0.717) is 6.32 Å². The number of nitrogens with one attached hydrogen (secondary N) is 1. The Balaban J connectivity index is 0.00000144. The third-order valence-corrected chi connectivity index (χ3v) is 4.16. The van der Waals surface area contributed by atoms with Crippen molar-refractivity contribution in [2.45, 2.75) is 37.2 Å². The molecule has 97 valence electrons. The molecule has 7 N–H and O–H groups in total. The van der Waals surface area contributed by atoms with Crippen molar-refractivity contribution in [2.24, 2.45) is 17.6 Å². The molecule has 7 heteroatoms. The molecule has 0 aromatic rings. The van der Waals surface area contributed by atoms with E-state index in [4.69, 9.17) is 10.8 Å². The zero-order valence-electron chi connectivity index (χ0n) is 9.72. The summed E-state index contributed by atoms with van der Waals surface area (Å²) in [6.07, 6.45) is 3.02. The van der Waals surface area contributed by atoms with E-state index in [0.717, 1.165) is 33.3 Å². The van der Waals surface area contributed by atoms with Gasteiger partial charge in [-0.3, -0.25) is 4.79 Å². The van der Waals surface area contributed by atoms with Crippen LogP contribution in [-0.4, -0.2) is 47.2 Å². The molecule has 1 saturated carbocycles. The molecule has 1 aliphatic heterocycles. The lowest BCUT2D eigenvalue weighted by atomic mass is 9.75. The monoisotopic (exact) mass is 243 g/mol. The predicted octanol–water partition coefficient (Wildman–Crippen LogP) is -1.64. The molecule has 0 amide bonds. The molecular formula is C10H20BN2O4. The average Bonchev–Trinajstić information content (AvgIpc) is 2.80. The van der Waals surface area contributed by atoms with Crippen molar-refractivity contribution < 1.29 is 20.4 Å². The molecule has 17 heavy (non-hydrogen) atoms. The summed E-state index contributed by atoms with van der Waals surface area (Å²) >= 11 is 0. The van der Waals surface area contributed by atoms with Crippen LogP contribution in [0.4, 0.5) is 0 Å². The molecular weight excluding hydrogens is 223 g/mol. The first-order valence-corrected chi connectivity index (χ1v) is 5.82. The number of hydrogen-bond donors (Lipinski definition) is 4. The number of carbonyl (C=O) groups is 1. The lowest BCUT2D eigenvalue weighted by molar-refractivity contribution is -0.147. The van der Waals surface area contributed by atoms with Gasteiger partial charge in [-0.1, -0.05) is 12.7 Å². The molecule has 4 unspecified atom stereocenters. The minimum Gasteiger partial charge on any atom is -0.480 e. The standard InChI is InChI=1S/C10H18BN2O3.H2O/c12-10(9(14)15)6-4-8(13-5-6)7(10)2-1-3-11-16;/h6-8,13,16H,1-5,12H2,(H,14,15);1H2. The maximum absolute atomic E-state index is 11.3. The Morgan fingerprint density at radius 1 is 1.59 bits per heavy atom. The lowest BCUT2D eigenvalue weighted by Gasteiger charge is -2.37. The molecule has 6 nitrogen and oxygen atoms in total. The van der Waals surface area contributed by atoms with Gasteiger partial charge >= 0.3 is 5.97 Å². The summed E-state index contributed by atoms with van der Waals surface area (Å²) in [4.78, 5) is 11.3. The van der Waals surface area contributed by atoms with Crippen molar-refractivity contribution in [3.63, 3.8) is 0 Å². The Labute approximate surface area is 101 Å².